The zero-order chi connectivity index (χ0) is 18.5. The highest BCUT2D eigenvalue weighted by Gasteiger charge is 2.14. The largest absolute Gasteiger partial charge is 0.342 e. The van der Waals surface area contributed by atoms with Crippen LogP contribution in [0.3, 0.4) is 0 Å². The molecule has 2 aromatic carbocycles. The van der Waals surface area contributed by atoms with E-state index in [-0.39, 0.29) is 24.0 Å². The van der Waals surface area contributed by atoms with Gasteiger partial charge in [0.25, 0.3) is 5.91 Å². The lowest BCUT2D eigenvalue weighted by molar-refractivity contribution is -0.115. The highest BCUT2D eigenvalue weighted by molar-refractivity contribution is 9.10. The number of benzene rings is 2. The number of para-hydroxylation sites is 1. The summed E-state index contributed by atoms with van der Waals surface area (Å²) in [4.78, 5) is 28.3. The predicted octanol–water partition coefficient (Wildman–Crippen LogP) is 3.14. The van der Waals surface area contributed by atoms with Crippen LogP contribution in [0.15, 0.2) is 65.5 Å². The number of hydrogen-bond donors (Lipinski definition) is 2. The monoisotopic (exact) mass is 416 g/mol. The molecular weight excluding hydrogens is 403 g/mol. The van der Waals surface area contributed by atoms with Crippen molar-refractivity contribution in [3.8, 4) is 5.69 Å². The van der Waals surface area contributed by atoms with E-state index in [4.69, 9.17) is 0 Å². The Kier molecular flexibility index (Phi) is 5.43. The summed E-state index contributed by atoms with van der Waals surface area (Å²) in [5, 5.41) is 5.24. The fourth-order valence-corrected chi connectivity index (χ4v) is 2.66. The second kappa shape index (κ2) is 7.92. The highest BCUT2D eigenvalue weighted by Crippen LogP contribution is 2.20. The van der Waals surface area contributed by atoms with Gasteiger partial charge >= 0.3 is 0 Å². The number of nitrogens with zero attached hydrogens (tertiary/aromatic N) is 2. The summed E-state index contributed by atoms with van der Waals surface area (Å²) in [5.41, 5.74) is 1.44. The number of rotatable bonds is 5. The normalized spacial score (nSPS) is 10.4. The molecule has 0 aliphatic rings. The van der Waals surface area contributed by atoms with Crippen molar-refractivity contribution in [1.82, 2.24) is 14.9 Å². The third kappa shape index (κ3) is 4.15. The van der Waals surface area contributed by atoms with E-state index in [1.54, 1.807) is 18.2 Å². The third-order valence-corrected chi connectivity index (χ3v) is 4.22. The van der Waals surface area contributed by atoms with Crippen LogP contribution in [0, 0.1) is 5.82 Å². The van der Waals surface area contributed by atoms with Crippen molar-refractivity contribution in [1.29, 1.82) is 0 Å². The number of carbonyl (C=O) groups is 2. The van der Waals surface area contributed by atoms with Crippen LogP contribution in [0.4, 0.5) is 10.1 Å². The number of carbonyl (C=O) groups excluding carboxylic acids is 2. The van der Waals surface area contributed by atoms with Gasteiger partial charge in [-0.1, -0.05) is 12.1 Å². The molecule has 0 unspecified atom stereocenters. The van der Waals surface area contributed by atoms with Gasteiger partial charge in [-0.25, -0.2) is 9.37 Å². The molecule has 6 nitrogen and oxygen atoms in total. The summed E-state index contributed by atoms with van der Waals surface area (Å²) in [7, 11) is 0. The number of nitrogens with one attached hydrogen (secondary N) is 2. The van der Waals surface area contributed by atoms with Crippen LogP contribution in [0.1, 0.15) is 10.5 Å². The van der Waals surface area contributed by atoms with Crippen LogP contribution in [0.2, 0.25) is 0 Å². The Morgan fingerprint density at radius 3 is 2.58 bits per heavy atom. The summed E-state index contributed by atoms with van der Waals surface area (Å²) in [5.74, 6) is -1.20. The van der Waals surface area contributed by atoms with E-state index >= 15 is 0 Å². The van der Waals surface area contributed by atoms with Gasteiger partial charge in [0.05, 0.1) is 24.8 Å². The van der Waals surface area contributed by atoms with Crippen LogP contribution in [0.25, 0.3) is 5.69 Å². The van der Waals surface area contributed by atoms with Gasteiger partial charge in [-0.05, 0) is 52.3 Å². The molecule has 2 amide bonds. The number of halogens is 2. The van der Waals surface area contributed by atoms with Gasteiger partial charge in [-0.2, -0.15) is 0 Å². The van der Waals surface area contributed by atoms with Gasteiger partial charge in [-0.15, -0.1) is 0 Å². The molecule has 0 bridgehead atoms. The first kappa shape index (κ1) is 17.8. The van der Waals surface area contributed by atoms with Gasteiger partial charge in [0.1, 0.15) is 11.5 Å². The second-order valence-corrected chi connectivity index (χ2v) is 6.19. The minimum atomic E-state index is -0.464. The molecule has 132 valence electrons. The number of hydrogen-bond acceptors (Lipinski definition) is 3. The maximum Gasteiger partial charge on any atom is 0.270 e. The number of imidazole rings is 1. The molecule has 2 N–H and O–H groups in total. The SMILES string of the molecule is O=C(CNC(=O)c1cncn1-c1ccc(F)cc1)Nc1ccccc1Br. The molecule has 0 aliphatic heterocycles. The summed E-state index contributed by atoms with van der Waals surface area (Å²) in [6, 6.07) is 12.8. The van der Waals surface area contributed by atoms with Crippen molar-refractivity contribution >= 4 is 33.4 Å². The predicted molar refractivity (Wildman–Crippen MR) is 98.6 cm³/mol. The van der Waals surface area contributed by atoms with Crippen molar-refractivity contribution in [2.24, 2.45) is 0 Å². The van der Waals surface area contributed by atoms with E-state index in [0.717, 1.165) is 4.47 Å². The molecular formula is C18H14BrFN4O2. The summed E-state index contributed by atoms with van der Waals surface area (Å²) in [6.45, 7) is -0.200. The topological polar surface area (TPSA) is 76.0 Å². The maximum atomic E-state index is 13.1. The van der Waals surface area contributed by atoms with Crippen molar-refractivity contribution < 1.29 is 14.0 Å². The van der Waals surface area contributed by atoms with E-state index in [1.165, 1.54) is 41.4 Å². The Hall–Kier alpha value is -3.00. The van der Waals surface area contributed by atoms with Crippen molar-refractivity contribution in [3.05, 3.63) is 77.0 Å². The molecule has 0 saturated heterocycles. The molecule has 3 aromatic rings. The second-order valence-electron chi connectivity index (χ2n) is 5.34. The summed E-state index contributed by atoms with van der Waals surface area (Å²) >= 11 is 3.34. The molecule has 0 radical (unpaired) electrons. The average Bonchev–Trinajstić information content (AvgIpc) is 3.12. The van der Waals surface area contributed by atoms with Crippen LogP contribution in [-0.2, 0) is 4.79 Å². The Morgan fingerprint density at radius 1 is 1.12 bits per heavy atom. The lowest BCUT2D eigenvalue weighted by Gasteiger charge is -2.10. The standard InChI is InChI=1S/C18H14BrFN4O2/c19-14-3-1-2-4-15(14)23-17(25)10-22-18(26)16-9-21-11-24(16)13-7-5-12(20)6-8-13/h1-9,11H,10H2,(H,22,26)(H,23,25). The summed E-state index contributed by atoms with van der Waals surface area (Å²) in [6.07, 6.45) is 2.83. The van der Waals surface area contributed by atoms with Crippen LogP contribution in [-0.4, -0.2) is 27.9 Å². The Morgan fingerprint density at radius 2 is 1.85 bits per heavy atom. The van der Waals surface area contributed by atoms with Gasteiger partial charge in [0.2, 0.25) is 5.91 Å². The minimum absolute atomic E-state index is 0.200. The van der Waals surface area contributed by atoms with Gasteiger partial charge < -0.3 is 10.6 Å². The maximum absolute atomic E-state index is 13.1. The van der Waals surface area contributed by atoms with E-state index in [9.17, 15) is 14.0 Å². The molecule has 1 aromatic heterocycles. The summed E-state index contributed by atoms with van der Waals surface area (Å²) < 4.78 is 15.3. The highest BCUT2D eigenvalue weighted by atomic mass is 79.9. The molecule has 0 aliphatic carbocycles. The first-order valence-corrected chi connectivity index (χ1v) is 8.45. The third-order valence-electron chi connectivity index (χ3n) is 3.53. The van der Waals surface area contributed by atoms with Crippen molar-refractivity contribution in [2.45, 2.75) is 0 Å². The Balaban J connectivity index is 1.64. The van der Waals surface area contributed by atoms with Crippen LogP contribution < -0.4 is 10.6 Å². The first-order chi connectivity index (χ1) is 12.5. The quantitative estimate of drug-likeness (QED) is 0.670. The number of anilines is 1. The fourth-order valence-electron chi connectivity index (χ4n) is 2.28. The lowest BCUT2D eigenvalue weighted by Crippen LogP contribution is -2.33. The Labute approximate surface area is 157 Å². The molecule has 1 heterocycles. The van der Waals surface area contributed by atoms with E-state index in [1.807, 2.05) is 6.07 Å². The molecule has 0 saturated carbocycles. The number of aromatic nitrogens is 2. The Bertz CT molecular complexity index is 940. The molecule has 0 spiro atoms. The zero-order valence-electron chi connectivity index (χ0n) is 13.4. The van der Waals surface area contributed by atoms with Crippen LogP contribution >= 0.6 is 15.9 Å². The lowest BCUT2D eigenvalue weighted by atomic mass is 10.3. The van der Waals surface area contributed by atoms with E-state index < -0.39 is 5.91 Å². The smallest absolute Gasteiger partial charge is 0.270 e. The molecule has 0 atom stereocenters. The minimum Gasteiger partial charge on any atom is -0.342 e. The molecule has 3 rings (SSSR count). The average molecular weight is 417 g/mol. The van der Waals surface area contributed by atoms with Gasteiger partial charge in [0.15, 0.2) is 0 Å². The van der Waals surface area contributed by atoms with Gasteiger partial charge in [-0.3, -0.25) is 14.2 Å². The van der Waals surface area contributed by atoms with Crippen LogP contribution in [0.5, 0.6) is 0 Å². The van der Waals surface area contributed by atoms with Crippen molar-refractivity contribution in [3.63, 3.8) is 0 Å². The first-order valence-electron chi connectivity index (χ1n) is 7.65. The van der Waals surface area contributed by atoms with E-state index in [0.29, 0.717) is 11.4 Å². The molecule has 8 heteroatoms. The molecule has 0 fully saturated rings. The zero-order valence-corrected chi connectivity index (χ0v) is 15.0. The van der Waals surface area contributed by atoms with Crippen molar-refractivity contribution in [2.75, 3.05) is 11.9 Å². The van der Waals surface area contributed by atoms with E-state index in [2.05, 4.69) is 31.5 Å². The molecule has 26 heavy (non-hydrogen) atoms. The number of amides is 2. The van der Waals surface area contributed by atoms with Gasteiger partial charge in [0, 0.05) is 10.2 Å². The fraction of sp³-hybridized carbons (Fsp3) is 0.0556.